The van der Waals surface area contributed by atoms with Gasteiger partial charge in [-0.05, 0) is 25.1 Å². The number of para-hydroxylation sites is 2. The van der Waals surface area contributed by atoms with Gasteiger partial charge in [-0.15, -0.1) is 24.0 Å². The van der Waals surface area contributed by atoms with Crippen LogP contribution in [-0.2, 0) is 6.54 Å². The van der Waals surface area contributed by atoms with Gasteiger partial charge in [0.1, 0.15) is 5.75 Å². The normalized spacial score (nSPS) is 14.4. The zero-order chi connectivity index (χ0) is 19.1. The highest BCUT2D eigenvalue weighted by atomic mass is 127. The van der Waals surface area contributed by atoms with E-state index in [0.29, 0.717) is 24.8 Å². The Morgan fingerprint density at radius 1 is 1.18 bits per heavy atom. The molecular weight excluding hydrogens is 469 g/mol. The number of piperazine rings is 1. The summed E-state index contributed by atoms with van der Waals surface area (Å²) in [5.41, 5.74) is 1.89. The Morgan fingerprint density at radius 3 is 2.61 bits per heavy atom. The molecule has 152 valence electrons. The summed E-state index contributed by atoms with van der Waals surface area (Å²) in [5.74, 6) is 1.85. The van der Waals surface area contributed by atoms with Crippen molar-refractivity contribution < 1.29 is 9.84 Å². The highest BCUT2D eigenvalue weighted by molar-refractivity contribution is 14.0. The number of ether oxygens (including phenoxy) is 1. The monoisotopic (exact) mass is 497 g/mol. The Kier molecular flexibility index (Phi) is 8.62. The summed E-state index contributed by atoms with van der Waals surface area (Å²) in [7, 11) is 1.80. The fourth-order valence-electron chi connectivity index (χ4n) is 3.22. The van der Waals surface area contributed by atoms with Gasteiger partial charge in [0.05, 0.1) is 12.3 Å². The summed E-state index contributed by atoms with van der Waals surface area (Å²) in [6.07, 6.45) is 1.74. The summed E-state index contributed by atoms with van der Waals surface area (Å²) in [4.78, 5) is 13.1. The van der Waals surface area contributed by atoms with E-state index in [1.807, 2.05) is 37.3 Å². The van der Waals surface area contributed by atoms with E-state index in [4.69, 9.17) is 4.74 Å². The second-order valence-electron chi connectivity index (χ2n) is 6.26. The number of nitrogens with one attached hydrogen (secondary N) is 1. The highest BCUT2D eigenvalue weighted by Crippen LogP contribution is 2.27. The van der Waals surface area contributed by atoms with E-state index in [-0.39, 0.29) is 24.0 Å². The Morgan fingerprint density at radius 2 is 1.93 bits per heavy atom. The number of aromatic nitrogens is 1. The fraction of sp³-hybridized carbons (Fsp3) is 0.400. The third-order valence-electron chi connectivity index (χ3n) is 4.58. The molecule has 8 heteroatoms. The van der Waals surface area contributed by atoms with Crippen LogP contribution in [0.5, 0.6) is 11.6 Å². The van der Waals surface area contributed by atoms with Gasteiger partial charge in [0.15, 0.2) is 5.96 Å². The first-order valence-corrected chi connectivity index (χ1v) is 9.28. The lowest BCUT2D eigenvalue weighted by Crippen LogP contribution is -2.52. The Labute approximate surface area is 183 Å². The van der Waals surface area contributed by atoms with Gasteiger partial charge < -0.3 is 25.0 Å². The molecule has 2 aromatic rings. The Hall–Kier alpha value is -2.23. The largest absolute Gasteiger partial charge is 0.506 e. The lowest BCUT2D eigenvalue weighted by atomic mass is 10.2. The van der Waals surface area contributed by atoms with Crippen LogP contribution < -0.4 is 15.0 Å². The van der Waals surface area contributed by atoms with Crippen LogP contribution in [0.4, 0.5) is 5.69 Å². The van der Waals surface area contributed by atoms with E-state index in [1.165, 1.54) is 0 Å². The molecule has 0 aliphatic carbocycles. The van der Waals surface area contributed by atoms with Gasteiger partial charge in [-0.25, -0.2) is 4.98 Å². The van der Waals surface area contributed by atoms with Gasteiger partial charge in [-0.1, -0.05) is 18.2 Å². The van der Waals surface area contributed by atoms with E-state index in [1.54, 1.807) is 19.3 Å². The Balaban J connectivity index is 0.00000280. The molecule has 0 saturated carbocycles. The molecule has 7 nitrogen and oxygen atoms in total. The van der Waals surface area contributed by atoms with Crippen molar-refractivity contribution in [2.24, 2.45) is 4.99 Å². The van der Waals surface area contributed by atoms with Crippen molar-refractivity contribution >= 4 is 35.6 Å². The molecule has 0 unspecified atom stereocenters. The summed E-state index contributed by atoms with van der Waals surface area (Å²) >= 11 is 0. The van der Waals surface area contributed by atoms with Gasteiger partial charge in [-0.2, -0.15) is 0 Å². The van der Waals surface area contributed by atoms with Crippen molar-refractivity contribution in [1.82, 2.24) is 15.2 Å². The zero-order valence-corrected chi connectivity index (χ0v) is 18.7. The number of nitrogens with zero attached hydrogens (tertiary/aromatic N) is 4. The molecule has 1 aromatic heterocycles. The van der Waals surface area contributed by atoms with Gasteiger partial charge in [-0.3, -0.25) is 4.99 Å². The number of aromatic hydroxyl groups is 1. The quantitative estimate of drug-likeness (QED) is 0.376. The van der Waals surface area contributed by atoms with Crippen LogP contribution in [-0.4, -0.2) is 60.8 Å². The lowest BCUT2D eigenvalue weighted by molar-refractivity contribution is 0.322. The van der Waals surface area contributed by atoms with Crippen LogP contribution in [0.3, 0.4) is 0 Å². The van der Waals surface area contributed by atoms with Crippen LogP contribution in [0, 0.1) is 0 Å². The molecule has 1 saturated heterocycles. The lowest BCUT2D eigenvalue weighted by Gasteiger charge is -2.37. The molecule has 0 bridgehead atoms. The minimum Gasteiger partial charge on any atom is -0.506 e. The first kappa shape index (κ1) is 22.1. The summed E-state index contributed by atoms with van der Waals surface area (Å²) in [6.45, 7) is 6.47. The molecule has 0 spiro atoms. The molecule has 1 aliphatic heterocycles. The minimum absolute atomic E-state index is 0. The van der Waals surface area contributed by atoms with Crippen molar-refractivity contribution in [2.75, 3.05) is 44.7 Å². The van der Waals surface area contributed by atoms with E-state index in [9.17, 15) is 5.11 Å². The molecule has 2 heterocycles. The molecule has 2 N–H and O–H groups in total. The summed E-state index contributed by atoms with van der Waals surface area (Å²) < 4.78 is 5.59. The molecule has 1 aliphatic rings. The molecule has 0 radical (unpaired) electrons. The van der Waals surface area contributed by atoms with Gasteiger partial charge in [0, 0.05) is 51.5 Å². The number of phenolic OH excluding ortho intramolecular Hbond substituents is 1. The number of rotatable bonds is 5. The number of phenols is 1. The fourth-order valence-corrected chi connectivity index (χ4v) is 3.22. The summed E-state index contributed by atoms with van der Waals surface area (Å²) in [6, 6.07) is 11.4. The number of anilines is 1. The van der Waals surface area contributed by atoms with Gasteiger partial charge >= 0.3 is 0 Å². The smallest absolute Gasteiger partial charge is 0.218 e. The van der Waals surface area contributed by atoms with Crippen LogP contribution in [0.1, 0.15) is 12.5 Å². The van der Waals surface area contributed by atoms with Crippen LogP contribution >= 0.6 is 24.0 Å². The van der Waals surface area contributed by atoms with Crippen molar-refractivity contribution in [1.29, 1.82) is 0 Å². The minimum atomic E-state index is 0. The van der Waals surface area contributed by atoms with Gasteiger partial charge in [0.25, 0.3) is 0 Å². The first-order chi connectivity index (χ1) is 13.2. The van der Waals surface area contributed by atoms with Crippen LogP contribution in [0.2, 0.25) is 0 Å². The predicted molar refractivity (Wildman–Crippen MR) is 123 cm³/mol. The highest BCUT2D eigenvalue weighted by Gasteiger charge is 2.21. The third-order valence-corrected chi connectivity index (χ3v) is 4.58. The zero-order valence-electron chi connectivity index (χ0n) is 16.3. The standard InChI is InChI=1S/C20H27N5O2.HI/c1-3-27-19-16(7-6-10-22-19)15-23-20(21-2)25-13-11-24(12-14-25)17-8-4-5-9-18(17)26;/h4-10,26H,3,11-15H2,1-2H3,(H,21,23);1H. The van der Waals surface area contributed by atoms with E-state index in [2.05, 4.69) is 25.1 Å². The van der Waals surface area contributed by atoms with Crippen LogP contribution in [0.15, 0.2) is 47.6 Å². The number of benzene rings is 1. The third kappa shape index (κ3) is 5.40. The van der Waals surface area contributed by atoms with Crippen molar-refractivity contribution in [3.8, 4) is 11.6 Å². The maximum Gasteiger partial charge on any atom is 0.218 e. The summed E-state index contributed by atoms with van der Waals surface area (Å²) in [5, 5.41) is 13.5. The maximum atomic E-state index is 10.1. The average Bonchev–Trinajstić information content (AvgIpc) is 2.71. The number of hydrogen-bond acceptors (Lipinski definition) is 5. The topological polar surface area (TPSA) is 73.2 Å². The van der Waals surface area contributed by atoms with E-state index < -0.39 is 0 Å². The number of hydrogen-bond donors (Lipinski definition) is 2. The molecule has 3 rings (SSSR count). The van der Waals surface area contributed by atoms with Crippen molar-refractivity contribution in [3.63, 3.8) is 0 Å². The second-order valence-corrected chi connectivity index (χ2v) is 6.26. The molecule has 1 aromatic carbocycles. The second kappa shape index (κ2) is 10.9. The van der Waals surface area contributed by atoms with Crippen molar-refractivity contribution in [2.45, 2.75) is 13.5 Å². The van der Waals surface area contributed by atoms with Crippen molar-refractivity contribution in [3.05, 3.63) is 48.2 Å². The first-order valence-electron chi connectivity index (χ1n) is 9.28. The van der Waals surface area contributed by atoms with E-state index in [0.717, 1.165) is 43.4 Å². The number of guanidine groups is 1. The number of pyridine rings is 1. The molecular formula is C20H28IN5O2. The Bertz CT molecular complexity index is 779. The van der Waals surface area contributed by atoms with E-state index >= 15 is 0 Å². The SMILES string of the molecule is CCOc1ncccc1CNC(=NC)N1CCN(c2ccccc2O)CC1.I. The maximum absolute atomic E-state index is 10.1. The average molecular weight is 497 g/mol. The predicted octanol–water partition coefficient (Wildman–Crippen LogP) is 2.70. The van der Waals surface area contributed by atoms with Crippen LogP contribution in [0.25, 0.3) is 0 Å². The molecule has 28 heavy (non-hydrogen) atoms. The number of aliphatic imine (C=N–C) groups is 1. The molecule has 0 amide bonds. The molecule has 0 atom stereocenters. The number of halogens is 1. The van der Waals surface area contributed by atoms with Gasteiger partial charge in [0.2, 0.25) is 5.88 Å². The molecule has 1 fully saturated rings.